The number of carbonyl (C=O) groups is 1. The monoisotopic (exact) mass is 291 g/mol. The van der Waals surface area contributed by atoms with Crippen LogP contribution in [0.2, 0.25) is 0 Å². The molecule has 0 aromatic heterocycles. The predicted octanol–water partition coefficient (Wildman–Crippen LogP) is 2.19. The minimum Gasteiger partial charge on any atom is -0.486 e. The summed E-state index contributed by atoms with van der Waals surface area (Å²) in [6.07, 6.45) is 3.41. The number of carboxylic acid groups (broad SMARTS) is 1. The molecule has 1 heterocycles. The Morgan fingerprint density at radius 3 is 2.57 bits per heavy atom. The molecule has 1 aromatic carbocycles. The molecule has 1 aromatic rings. The second kappa shape index (κ2) is 6.35. The Labute approximate surface area is 124 Å². The van der Waals surface area contributed by atoms with Gasteiger partial charge in [-0.1, -0.05) is 6.07 Å². The number of hydrogen-bond acceptors (Lipinski definition) is 4. The van der Waals surface area contributed by atoms with Crippen molar-refractivity contribution in [2.45, 2.75) is 38.3 Å². The van der Waals surface area contributed by atoms with Gasteiger partial charge in [-0.15, -0.1) is 0 Å². The summed E-state index contributed by atoms with van der Waals surface area (Å²) in [5.74, 6) is 0.819. The molecule has 2 N–H and O–H groups in total. The first-order valence-electron chi connectivity index (χ1n) is 7.57. The van der Waals surface area contributed by atoms with E-state index in [2.05, 4.69) is 5.32 Å². The van der Waals surface area contributed by atoms with E-state index in [9.17, 15) is 4.79 Å². The van der Waals surface area contributed by atoms with Gasteiger partial charge in [0.15, 0.2) is 11.5 Å². The molecule has 0 amide bonds. The molecular formula is C16H21NO4. The summed E-state index contributed by atoms with van der Waals surface area (Å²) in [5.41, 5.74) is 1.17. The van der Waals surface area contributed by atoms with Gasteiger partial charge < -0.3 is 19.9 Å². The topological polar surface area (TPSA) is 67.8 Å². The Bertz CT molecular complexity index is 509. The van der Waals surface area contributed by atoms with Crippen molar-refractivity contribution >= 4 is 5.97 Å². The van der Waals surface area contributed by atoms with E-state index in [1.165, 1.54) is 5.56 Å². The fraction of sp³-hybridized carbons (Fsp3) is 0.562. The van der Waals surface area contributed by atoms with E-state index in [1.807, 2.05) is 18.2 Å². The van der Waals surface area contributed by atoms with Gasteiger partial charge in [-0.05, 0) is 43.4 Å². The van der Waals surface area contributed by atoms with E-state index in [1.54, 1.807) is 0 Å². The van der Waals surface area contributed by atoms with Gasteiger partial charge in [-0.2, -0.15) is 0 Å². The zero-order chi connectivity index (χ0) is 14.7. The Hall–Kier alpha value is -1.75. The van der Waals surface area contributed by atoms with Gasteiger partial charge in [0.25, 0.3) is 0 Å². The number of hydrogen-bond donors (Lipinski definition) is 2. The predicted molar refractivity (Wildman–Crippen MR) is 77.7 cm³/mol. The minimum absolute atomic E-state index is 0.155. The van der Waals surface area contributed by atoms with Crippen LogP contribution in [0.5, 0.6) is 11.5 Å². The van der Waals surface area contributed by atoms with Crippen LogP contribution in [0.25, 0.3) is 0 Å². The molecule has 1 fully saturated rings. The SMILES string of the molecule is O=C(O)[C@H]1CC[C@H](NCc2ccc3c(c2)OCCO3)CC1. The minimum atomic E-state index is -0.653. The highest BCUT2D eigenvalue weighted by Crippen LogP contribution is 2.31. The van der Waals surface area contributed by atoms with Crippen molar-refractivity contribution in [2.24, 2.45) is 5.92 Å². The normalized spacial score (nSPS) is 24.6. The zero-order valence-electron chi connectivity index (χ0n) is 12.0. The number of carboxylic acids is 1. The highest BCUT2D eigenvalue weighted by molar-refractivity contribution is 5.70. The molecule has 2 aliphatic rings. The fourth-order valence-corrected chi connectivity index (χ4v) is 3.00. The number of nitrogens with one attached hydrogen (secondary N) is 1. The maximum Gasteiger partial charge on any atom is 0.306 e. The van der Waals surface area contributed by atoms with E-state index in [-0.39, 0.29) is 5.92 Å². The molecule has 21 heavy (non-hydrogen) atoms. The van der Waals surface area contributed by atoms with Crippen molar-refractivity contribution in [1.29, 1.82) is 0 Å². The van der Waals surface area contributed by atoms with E-state index >= 15 is 0 Å². The lowest BCUT2D eigenvalue weighted by atomic mass is 9.86. The molecule has 0 spiro atoms. The van der Waals surface area contributed by atoms with Crippen LogP contribution in [-0.2, 0) is 11.3 Å². The van der Waals surface area contributed by atoms with Crippen LogP contribution in [0.3, 0.4) is 0 Å². The molecule has 3 rings (SSSR count). The molecule has 114 valence electrons. The molecule has 5 heteroatoms. The van der Waals surface area contributed by atoms with Gasteiger partial charge in [-0.3, -0.25) is 4.79 Å². The number of benzene rings is 1. The quantitative estimate of drug-likeness (QED) is 0.890. The fourth-order valence-electron chi connectivity index (χ4n) is 3.00. The standard InChI is InChI=1S/C16H21NO4/c18-16(19)12-2-4-13(5-3-12)17-10-11-1-6-14-15(9-11)21-8-7-20-14/h1,6,9,12-13,17H,2-5,7-8,10H2,(H,18,19)/t12-,13-. The second-order valence-electron chi connectivity index (χ2n) is 5.75. The Balaban J connectivity index is 1.50. The lowest BCUT2D eigenvalue weighted by Crippen LogP contribution is -2.34. The van der Waals surface area contributed by atoms with Crippen LogP contribution < -0.4 is 14.8 Å². The third-order valence-electron chi connectivity index (χ3n) is 4.28. The third kappa shape index (κ3) is 3.47. The number of ether oxygens (including phenoxy) is 2. The van der Waals surface area contributed by atoms with Crippen LogP contribution in [0.15, 0.2) is 18.2 Å². The number of rotatable bonds is 4. The van der Waals surface area contributed by atoms with E-state index < -0.39 is 5.97 Å². The summed E-state index contributed by atoms with van der Waals surface area (Å²) in [6, 6.07) is 6.43. The van der Waals surface area contributed by atoms with Gasteiger partial charge in [0.05, 0.1) is 5.92 Å². The summed E-state index contributed by atoms with van der Waals surface area (Å²) in [5, 5.41) is 12.5. The van der Waals surface area contributed by atoms with Crippen molar-refractivity contribution in [3.8, 4) is 11.5 Å². The Kier molecular flexibility index (Phi) is 4.29. The molecule has 5 nitrogen and oxygen atoms in total. The summed E-state index contributed by atoms with van der Waals surface area (Å²) in [7, 11) is 0. The van der Waals surface area contributed by atoms with Crippen molar-refractivity contribution < 1.29 is 19.4 Å². The highest BCUT2D eigenvalue weighted by atomic mass is 16.6. The highest BCUT2D eigenvalue weighted by Gasteiger charge is 2.25. The lowest BCUT2D eigenvalue weighted by molar-refractivity contribution is -0.142. The van der Waals surface area contributed by atoms with Crippen molar-refractivity contribution in [3.63, 3.8) is 0 Å². The van der Waals surface area contributed by atoms with E-state index in [0.29, 0.717) is 19.3 Å². The van der Waals surface area contributed by atoms with Crippen LogP contribution >= 0.6 is 0 Å². The van der Waals surface area contributed by atoms with Crippen LogP contribution in [0.1, 0.15) is 31.2 Å². The average molecular weight is 291 g/mol. The maximum absolute atomic E-state index is 10.9. The first-order chi connectivity index (χ1) is 10.2. The smallest absolute Gasteiger partial charge is 0.306 e. The molecular weight excluding hydrogens is 270 g/mol. The van der Waals surface area contributed by atoms with Crippen LogP contribution in [0, 0.1) is 5.92 Å². The third-order valence-corrected chi connectivity index (χ3v) is 4.28. The zero-order valence-corrected chi connectivity index (χ0v) is 12.0. The van der Waals surface area contributed by atoms with Crippen molar-refractivity contribution in [1.82, 2.24) is 5.32 Å². The summed E-state index contributed by atoms with van der Waals surface area (Å²) in [4.78, 5) is 10.9. The van der Waals surface area contributed by atoms with Crippen molar-refractivity contribution in [2.75, 3.05) is 13.2 Å². The summed E-state index contributed by atoms with van der Waals surface area (Å²) >= 11 is 0. The number of fused-ring (bicyclic) bond motifs is 1. The molecule has 1 aliphatic carbocycles. The second-order valence-corrected chi connectivity index (χ2v) is 5.75. The maximum atomic E-state index is 10.9. The first kappa shape index (κ1) is 14.2. The largest absolute Gasteiger partial charge is 0.486 e. The molecule has 1 saturated carbocycles. The van der Waals surface area contributed by atoms with Gasteiger partial charge in [0.2, 0.25) is 0 Å². The van der Waals surface area contributed by atoms with Crippen LogP contribution in [-0.4, -0.2) is 30.3 Å². The van der Waals surface area contributed by atoms with E-state index in [4.69, 9.17) is 14.6 Å². The van der Waals surface area contributed by atoms with E-state index in [0.717, 1.165) is 43.7 Å². The van der Waals surface area contributed by atoms with Gasteiger partial charge in [0, 0.05) is 12.6 Å². The molecule has 0 bridgehead atoms. The Morgan fingerprint density at radius 1 is 1.14 bits per heavy atom. The number of aliphatic carboxylic acids is 1. The lowest BCUT2D eigenvalue weighted by Gasteiger charge is -2.27. The van der Waals surface area contributed by atoms with Crippen molar-refractivity contribution in [3.05, 3.63) is 23.8 Å². The summed E-state index contributed by atoms with van der Waals surface area (Å²) in [6.45, 7) is 1.99. The average Bonchev–Trinajstić information content (AvgIpc) is 2.53. The summed E-state index contributed by atoms with van der Waals surface area (Å²) < 4.78 is 11.1. The first-order valence-corrected chi connectivity index (χ1v) is 7.57. The van der Waals surface area contributed by atoms with Gasteiger partial charge in [0.1, 0.15) is 13.2 Å². The van der Waals surface area contributed by atoms with Gasteiger partial charge >= 0.3 is 5.97 Å². The van der Waals surface area contributed by atoms with Gasteiger partial charge in [-0.25, -0.2) is 0 Å². The van der Waals surface area contributed by atoms with Crippen LogP contribution in [0.4, 0.5) is 0 Å². The Morgan fingerprint density at radius 2 is 1.86 bits per heavy atom. The molecule has 0 radical (unpaired) electrons. The molecule has 0 atom stereocenters. The molecule has 0 unspecified atom stereocenters. The molecule has 0 saturated heterocycles. The molecule has 1 aliphatic heterocycles.